The second-order valence-electron chi connectivity index (χ2n) is 24.1. The Labute approximate surface area is 516 Å². The molecule has 18 heteroatoms. The number of allylic oxidation sites excluding steroid dienone is 1. The van der Waals surface area contributed by atoms with Crippen LogP contribution in [0.2, 0.25) is 0 Å². The van der Waals surface area contributed by atoms with Crippen molar-refractivity contribution in [2.24, 2.45) is 5.41 Å². The molecule has 0 bridgehead atoms. The van der Waals surface area contributed by atoms with Crippen LogP contribution < -0.4 is 10.6 Å². The van der Waals surface area contributed by atoms with Crippen LogP contribution in [0.25, 0.3) is 0 Å². The van der Waals surface area contributed by atoms with Gasteiger partial charge in [0.1, 0.15) is 30.0 Å². The van der Waals surface area contributed by atoms with E-state index in [9.17, 15) is 29.1 Å². The Bertz CT molecular complexity index is 1500. The molecule has 0 heterocycles. The van der Waals surface area contributed by atoms with E-state index in [0.29, 0.717) is 180 Å². The summed E-state index contributed by atoms with van der Waals surface area (Å²) in [5, 5.41) is 14.9. The number of aliphatic hydroxyl groups excluding tert-OH is 1. The van der Waals surface area contributed by atoms with Crippen LogP contribution in [0.1, 0.15) is 236 Å². The van der Waals surface area contributed by atoms with Crippen molar-refractivity contribution >= 4 is 29.2 Å². The van der Waals surface area contributed by atoms with Crippen molar-refractivity contribution in [3.63, 3.8) is 0 Å². The number of carbonyl (C=O) groups is 5. The van der Waals surface area contributed by atoms with Crippen LogP contribution >= 0.6 is 0 Å². The van der Waals surface area contributed by atoms with Crippen LogP contribution in [0.15, 0.2) is 12.2 Å². The summed E-state index contributed by atoms with van der Waals surface area (Å²) in [5.74, 6) is -0.128. The van der Waals surface area contributed by atoms with E-state index < -0.39 is 36.0 Å². The van der Waals surface area contributed by atoms with Crippen LogP contribution in [-0.2, 0) is 71.3 Å². The van der Waals surface area contributed by atoms with Gasteiger partial charge in [0.15, 0.2) is 0 Å². The molecule has 0 aromatic rings. The van der Waals surface area contributed by atoms with E-state index in [4.69, 9.17) is 47.4 Å². The molecular weight excluding hydrogens is 1090 g/mol. The zero-order valence-corrected chi connectivity index (χ0v) is 55.4. The summed E-state index contributed by atoms with van der Waals surface area (Å²) in [4.78, 5) is 62.7. The fourth-order valence-corrected chi connectivity index (χ4v) is 9.36. The minimum atomic E-state index is -0.977. The molecule has 2 atom stereocenters. The van der Waals surface area contributed by atoms with E-state index in [2.05, 4.69) is 17.2 Å². The molecular formula is C67H126N2O16. The van der Waals surface area contributed by atoms with E-state index >= 15 is 0 Å². The van der Waals surface area contributed by atoms with E-state index in [0.717, 1.165) is 122 Å². The van der Waals surface area contributed by atoms with Crippen molar-refractivity contribution in [3.8, 4) is 0 Å². The average Bonchev–Trinajstić information content (AvgIpc) is 3.67. The van der Waals surface area contributed by atoms with Gasteiger partial charge in [-0.2, -0.15) is 0 Å². The van der Waals surface area contributed by atoms with Crippen molar-refractivity contribution < 1.29 is 76.4 Å². The maximum Gasteiger partial charge on any atom is 0.246 e. The largest absolute Gasteiger partial charge is 0.387 e. The predicted octanol–water partition coefficient (Wildman–Crippen LogP) is 11.6. The number of aliphatic hydroxyl groups is 1. The molecule has 3 N–H and O–H groups in total. The number of hydrogen-bond donors (Lipinski definition) is 3. The van der Waals surface area contributed by atoms with Gasteiger partial charge in [0.25, 0.3) is 0 Å². The first-order chi connectivity index (χ1) is 40.9. The highest BCUT2D eigenvalue weighted by molar-refractivity contribution is 5.88. The summed E-state index contributed by atoms with van der Waals surface area (Å²) in [6.07, 6.45) is 21.0. The summed E-state index contributed by atoms with van der Waals surface area (Å²) >= 11 is 0. The Kier molecular flexibility index (Phi) is 55.8. The van der Waals surface area contributed by atoms with Crippen molar-refractivity contribution in [1.29, 1.82) is 0 Å². The predicted molar refractivity (Wildman–Crippen MR) is 337 cm³/mol. The van der Waals surface area contributed by atoms with Crippen LogP contribution in [0.5, 0.6) is 0 Å². The maximum absolute atomic E-state index is 13.3. The van der Waals surface area contributed by atoms with Crippen molar-refractivity contribution in [1.82, 2.24) is 10.6 Å². The van der Waals surface area contributed by atoms with Gasteiger partial charge in [-0.05, 0) is 178 Å². The monoisotopic (exact) mass is 1210 g/mol. The highest BCUT2D eigenvalue weighted by atomic mass is 16.5. The molecule has 0 spiro atoms. The van der Waals surface area contributed by atoms with Crippen LogP contribution in [0.4, 0.5) is 0 Å². The van der Waals surface area contributed by atoms with Gasteiger partial charge in [0, 0.05) is 130 Å². The molecule has 2 unspecified atom stereocenters. The highest BCUT2D eigenvalue weighted by Crippen LogP contribution is 2.30. The first-order valence-electron chi connectivity index (χ1n) is 33.3. The number of ketones is 3. The average molecular weight is 1220 g/mol. The molecule has 0 saturated heterocycles. The lowest BCUT2D eigenvalue weighted by Crippen LogP contribution is -2.54. The van der Waals surface area contributed by atoms with E-state index in [1.54, 1.807) is 6.92 Å². The molecule has 0 aromatic carbocycles. The van der Waals surface area contributed by atoms with Crippen LogP contribution in [0, 0.1) is 5.41 Å². The third kappa shape index (κ3) is 55.1. The van der Waals surface area contributed by atoms with Crippen molar-refractivity contribution in [2.75, 3.05) is 112 Å². The van der Waals surface area contributed by atoms with Crippen LogP contribution in [-0.4, -0.2) is 183 Å². The SMILES string of the molecule is C=C(CCCNC(=O)C(NC(=O)CO)C(C)OC(C)C)CC(COCCCOCCCCC(=O)CCCCCOC(C)C)(COCCCOCCCCC(=O)CCCCCOC(C)C)COCCCOCCCCC(=O)CCCCCOC(C)C. The highest BCUT2D eigenvalue weighted by Gasteiger charge is 2.33. The molecule has 0 rings (SSSR count). The van der Waals surface area contributed by atoms with Crippen LogP contribution in [0.3, 0.4) is 0 Å². The number of ether oxygens (including phenoxy) is 10. The van der Waals surface area contributed by atoms with Gasteiger partial charge in [-0.15, -0.1) is 0 Å². The second-order valence-corrected chi connectivity index (χ2v) is 24.1. The minimum Gasteiger partial charge on any atom is -0.387 e. The Balaban J connectivity index is 5.59. The summed E-state index contributed by atoms with van der Waals surface area (Å²) in [6.45, 7) is 29.7. The molecule has 0 radical (unpaired) electrons. The molecule has 0 aromatic heterocycles. The zero-order chi connectivity index (χ0) is 63.0. The van der Waals surface area contributed by atoms with E-state index in [-0.39, 0.29) is 24.4 Å². The Morgan fingerprint density at radius 1 is 0.400 bits per heavy atom. The van der Waals surface area contributed by atoms with Gasteiger partial charge in [0.2, 0.25) is 11.8 Å². The molecule has 0 aliphatic heterocycles. The maximum atomic E-state index is 13.3. The number of amides is 2. The van der Waals surface area contributed by atoms with E-state index in [1.165, 1.54) is 0 Å². The van der Waals surface area contributed by atoms with Gasteiger partial charge < -0.3 is 63.1 Å². The fraction of sp³-hybridized carbons (Fsp3) is 0.896. The quantitative estimate of drug-likeness (QED) is 0.0380. The number of Topliss-reactive ketones (excluding diaryl/α,β-unsaturated/α-hetero) is 3. The summed E-state index contributed by atoms with van der Waals surface area (Å²) < 4.78 is 59.8. The topological polar surface area (TPSA) is 222 Å². The number of rotatable bonds is 66. The van der Waals surface area contributed by atoms with Gasteiger partial charge in [0.05, 0.1) is 50.3 Å². The van der Waals surface area contributed by atoms with Gasteiger partial charge in [-0.3, -0.25) is 24.0 Å². The normalized spacial score (nSPS) is 12.7. The Morgan fingerprint density at radius 3 is 1.07 bits per heavy atom. The smallest absolute Gasteiger partial charge is 0.246 e. The Morgan fingerprint density at radius 2 is 0.729 bits per heavy atom. The molecule has 2 amide bonds. The van der Waals surface area contributed by atoms with Gasteiger partial charge in [-0.25, -0.2) is 0 Å². The lowest BCUT2D eigenvalue weighted by Gasteiger charge is -2.34. The Hall–Kier alpha value is -2.75. The minimum absolute atomic E-state index is 0.174. The van der Waals surface area contributed by atoms with Gasteiger partial charge in [-0.1, -0.05) is 31.4 Å². The molecule has 0 fully saturated rings. The second kappa shape index (κ2) is 57.7. The number of nitrogens with one attached hydrogen (secondary N) is 2. The van der Waals surface area contributed by atoms with Crippen molar-refractivity contribution in [3.05, 3.63) is 12.2 Å². The first kappa shape index (κ1) is 82.2. The molecule has 85 heavy (non-hydrogen) atoms. The molecule has 0 saturated carbocycles. The lowest BCUT2D eigenvalue weighted by atomic mass is 9.82. The number of carbonyl (C=O) groups excluding carboxylic acids is 5. The molecule has 0 aliphatic rings. The standard InChI is InChI=1S/C67H126N2O16/c1-55(2)82-47-20-11-14-31-61(71)34-17-23-38-76-41-27-44-79-52-67(50-59(9)30-26-37-68-66(75)65(69-64(74)51-70)60(10)85-58(7)8,53-80-45-28-42-77-39-24-18-35-62(72)32-15-12-21-48-83-56(3)4)54-81-46-29-43-78-40-25-19-36-63(73)33-16-13-22-49-84-57(5)6/h55-58,60,65,70H,9,11-54H2,1-8,10H3,(H,68,75)(H,69,74). The summed E-state index contributed by atoms with van der Waals surface area (Å²) in [7, 11) is 0. The van der Waals surface area contributed by atoms with Crippen molar-refractivity contribution in [2.45, 2.75) is 272 Å². The first-order valence-corrected chi connectivity index (χ1v) is 33.3. The number of hydrogen-bond acceptors (Lipinski definition) is 16. The lowest BCUT2D eigenvalue weighted by molar-refractivity contribution is -0.135. The molecule has 0 aliphatic carbocycles. The molecule has 18 nitrogen and oxygen atoms in total. The fourth-order valence-electron chi connectivity index (χ4n) is 9.36. The summed E-state index contributed by atoms with van der Waals surface area (Å²) in [6, 6.07) is -0.977. The summed E-state index contributed by atoms with van der Waals surface area (Å²) in [5.41, 5.74) is 0.351. The molecule has 500 valence electrons. The van der Waals surface area contributed by atoms with E-state index in [1.807, 2.05) is 55.4 Å². The van der Waals surface area contributed by atoms with Gasteiger partial charge >= 0.3 is 0 Å². The zero-order valence-electron chi connectivity index (χ0n) is 55.4. The number of unbranched alkanes of at least 4 members (excludes halogenated alkanes) is 9. The third-order valence-electron chi connectivity index (χ3n) is 13.9. The third-order valence-corrected chi connectivity index (χ3v) is 13.9.